The van der Waals surface area contributed by atoms with Crippen LogP contribution in [0, 0.1) is 11.6 Å². The molecule has 2 saturated heterocycles. The topological polar surface area (TPSA) is 99.7 Å². The van der Waals surface area contributed by atoms with Crippen LogP contribution in [0.5, 0.6) is 0 Å². The third-order valence-electron chi connectivity index (χ3n) is 7.56. The molecule has 5 rings (SSSR count). The van der Waals surface area contributed by atoms with Crippen LogP contribution in [-0.4, -0.2) is 61.3 Å². The van der Waals surface area contributed by atoms with Crippen LogP contribution in [0.4, 0.5) is 34.8 Å². The van der Waals surface area contributed by atoms with Gasteiger partial charge in [-0.1, -0.05) is 0 Å². The highest BCUT2D eigenvalue weighted by Gasteiger charge is 2.48. The average Bonchev–Trinajstić information content (AvgIpc) is 2.99. The van der Waals surface area contributed by atoms with Gasteiger partial charge >= 0.3 is 0 Å². The monoisotopic (exact) mass is 554 g/mol. The Morgan fingerprint density at radius 3 is 2.24 bits per heavy atom. The normalized spacial score (nSPS) is 22.6. The second kappa shape index (κ2) is 8.39. The fourth-order valence-electron chi connectivity index (χ4n) is 5.06. The number of amides is 2. The van der Waals surface area contributed by atoms with E-state index in [2.05, 4.69) is 10.3 Å². The molecule has 8 nitrogen and oxygen atoms in total. The number of sulfone groups is 1. The summed E-state index contributed by atoms with van der Waals surface area (Å²) in [6.45, 7) is 3.60. The average molecular weight is 555 g/mol. The van der Waals surface area contributed by atoms with Crippen molar-refractivity contribution in [2.45, 2.75) is 50.5 Å². The summed E-state index contributed by atoms with van der Waals surface area (Å²) >= 11 is 0. The van der Waals surface area contributed by atoms with Crippen molar-refractivity contribution in [2.24, 2.45) is 0 Å². The molecule has 13 heteroatoms. The van der Waals surface area contributed by atoms with Crippen LogP contribution < -0.4 is 15.1 Å². The third-order valence-corrected chi connectivity index (χ3v) is 9.21. The summed E-state index contributed by atoms with van der Waals surface area (Å²) in [5, 5.41) is 2.73. The number of hydrogen-bond acceptors (Lipinski definition) is 6. The highest BCUT2D eigenvalue weighted by molar-refractivity contribution is 7.91. The summed E-state index contributed by atoms with van der Waals surface area (Å²) in [4.78, 5) is 32.6. The second-order valence-electron chi connectivity index (χ2n) is 11.0. The number of nitrogens with one attached hydrogen (secondary N) is 1. The molecule has 0 aliphatic carbocycles. The molecule has 0 saturated carbocycles. The van der Waals surface area contributed by atoms with Crippen molar-refractivity contribution < 1.29 is 35.6 Å². The molecule has 0 spiro atoms. The zero-order valence-corrected chi connectivity index (χ0v) is 21.8. The van der Waals surface area contributed by atoms with E-state index in [1.165, 1.54) is 17.0 Å². The smallest absolute Gasteiger partial charge is 0.282 e. The number of fused-ring (bicyclic) bond motifs is 1. The van der Waals surface area contributed by atoms with E-state index in [0.29, 0.717) is 0 Å². The van der Waals surface area contributed by atoms with Gasteiger partial charge in [-0.3, -0.25) is 14.5 Å². The largest absolute Gasteiger partial charge is 0.347 e. The third kappa shape index (κ3) is 4.40. The Hall–Kier alpha value is -3.22. The molecule has 0 bridgehead atoms. The van der Waals surface area contributed by atoms with E-state index in [0.717, 1.165) is 17.2 Å². The number of nitrogens with zero attached hydrogens (tertiary/aromatic N) is 3. The lowest BCUT2D eigenvalue weighted by molar-refractivity contribution is -0.121. The molecule has 204 valence electrons. The number of anilines is 3. The molecule has 0 atom stereocenters. The maximum atomic E-state index is 15.3. The van der Waals surface area contributed by atoms with Crippen LogP contribution >= 0.6 is 0 Å². The van der Waals surface area contributed by atoms with Gasteiger partial charge in [0.1, 0.15) is 21.5 Å². The minimum absolute atomic E-state index is 0.0222. The second-order valence-corrected chi connectivity index (χ2v) is 13.3. The van der Waals surface area contributed by atoms with Crippen LogP contribution in [0.3, 0.4) is 0 Å². The van der Waals surface area contributed by atoms with Crippen molar-refractivity contribution in [3.8, 4) is 0 Å². The van der Waals surface area contributed by atoms with E-state index >= 15 is 4.39 Å². The lowest BCUT2D eigenvalue weighted by atomic mass is 9.85. The molecule has 3 aliphatic rings. The van der Waals surface area contributed by atoms with E-state index < -0.39 is 63.3 Å². The summed E-state index contributed by atoms with van der Waals surface area (Å²) in [5.41, 5.74) is -2.43. The van der Waals surface area contributed by atoms with Crippen LogP contribution in [-0.2, 0) is 20.0 Å². The fraction of sp³-hybridized carbons (Fsp3) is 0.480. The van der Waals surface area contributed by atoms with E-state index in [-0.39, 0.29) is 52.7 Å². The van der Waals surface area contributed by atoms with Crippen molar-refractivity contribution in [3.63, 3.8) is 0 Å². The molecular formula is C25H26F4N4O4S. The highest BCUT2D eigenvalue weighted by Crippen LogP contribution is 2.47. The van der Waals surface area contributed by atoms with E-state index in [1.54, 1.807) is 20.8 Å². The minimum Gasteiger partial charge on any atom is -0.347 e. The molecule has 4 heterocycles. The molecule has 38 heavy (non-hydrogen) atoms. The van der Waals surface area contributed by atoms with Gasteiger partial charge in [0, 0.05) is 11.6 Å². The summed E-state index contributed by atoms with van der Waals surface area (Å²) in [7, 11) is -3.18. The first-order valence-electron chi connectivity index (χ1n) is 12.0. The van der Waals surface area contributed by atoms with Crippen LogP contribution in [0.15, 0.2) is 24.4 Å². The Bertz CT molecular complexity index is 1460. The fourth-order valence-corrected chi connectivity index (χ4v) is 6.78. The number of benzene rings is 1. The van der Waals surface area contributed by atoms with Gasteiger partial charge in [0.15, 0.2) is 5.82 Å². The Labute approximate surface area is 216 Å². The van der Waals surface area contributed by atoms with E-state index in [1.807, 2.05) is 0 Å². The van der Waals surface area contributed by atoms with Gasteiger partial charge in [0.05, 0.1) is 53.1 Å². The predicted octanol–water partition coefficient (Wildman–Crippen LogP) is 3.47. The molecule has 1 aromatic heterocycles. The maximum absolute atomic E-state index is 15.3. The summed E-state index contributed by atoms with van der Waals surface area (Å²) < 4.78 is 80.5. The van der Waals surface area contributed by atoms with Crippen molar-refractivity contribution in [1.82, 2.24) is 10.3 Å². The Kier molecular flexibility index (Phi) is 5.83. The molecule has 2 fully saturated rings. The molecule has 0 radical (unpaired) electrons. The first kappa shape index (κ1) is 26.4. The molecule has 3 aliphatic heterocycles. The van der Waals surface area contributed by atoms with Gasteiger partial charge in [-0.25, -0.2) is 31.0 Å². The molecule has 2 amide bonds. The van der Waals surface area contributed by atoms with Crippen molar-refractivity contribution in [1.29, 1.82) is 0 Å². The SMILES string of the molecule is CC1(NC(=O)c2cc3c(cc2F)N(c2cc(N4CC(F)(F)C4)ncc2F)C(=O)C3(C)C)CCS(=O)(=O)CC1. The lowest BCUT2D eigenvalue weighted by Gasteiger charge is -2.39. The zero-order chi connectivity index (χ0) is 27.8. The van der Waals surface area contributed by atoms with Gasteiger partial charge in [-0.15, -0.1) is 0 Å². The highest BCUT2D eigenvalue weighted by atomic mass is 32.2. The lowest BCUT2D eigenvalue weighted by Crippen LogP contribution is -2.56. The Morgan fingerprint density at radius 1 is 1.00 bits per heavy atom. The predicted molar refractivity (Wildman–Crippen MR) is 132 cm³/mol. The number of carbonyl (C=O) groups excluding carboxylic acids is 2. The molecule has 1 N–H and O–H groups in total. The van der Waals surface area contributed by atoms with Crippen LogP contribution in [0.2, 0.25) is 0 Å². The molecule has 2 aromatic rings. The Balaban J connectivity index is 1.49. The van der Waals surface area contributed by atoms with Crippen LogP contribution in [0.25, 0.3) is 0 Å². The van der Waals surface area contributed by atoms with Crippen LogP contribution in [0.1, 0.15) is 49.5 Å². The number of pyridine rings is 1. The number of halogens is 4. The zero-order valence-electron chi connectivity index (χ0n) is 20.9. The van der Waals surface area contributed by atoms with Crippen molar-refractivity contribution >= 4 is 38.8 Å². The minimum atomic E-state index is -3.18. The van der Waals surface area contributed by atoms with E-state index in [9.17, 15) is 31.2 Å². The Morgan fingerprint density at radius 2 is 1.63 bits per heavy atom. The molecular weight excluding hydrogens is 528 g/mol. The summed E-state index contributed by atoms with van der Waals surface area (Å²) in [6.07, 6.45) is 1.18. The quantitative estimate of drug-likeness (QED) is 0.582. The first-order valence-corrected chi connectivity index (χ1v) is 13.8. The number of hydrogen-bond donors (Lipinski definition) is 1. The van der Waals surface area contributed by atoms with Gasteiger partial charge in [-0.2, -0.15) is 0 Å². The van der Waals surface area contributed by atoms with Crippen molar-refractivity contribution in [2.75, 3.05) is 34.4 Å². The van der Waals surface area contributed by atoms with E-state index in [4.69, 9.17) is 0 Å². The maximum Gasteiger partial charge on any atom is 0.282 e. The summed E-state index contributed by atoms with van der Waals surface area (Å²) in [5.74, 6) is -6.25. The number of carbonyl (C=O) groups is 2. The van der Waals surface area contributed by atoms with Gasteiger partial charge in [0.25, 0.3) is 11.8 Å². The number of alkyl halides is 2. The molecule has 0 unspecified atom stereocenters. The molecule has 1 aromatic carbocycles. The standard InChI is InChI=1S/C25H26F4N4O4S/c1-23(2)15-8-14(21(34)31-24(3)4-6-38(36,37)7-5-24)16(26)9-18(15)33(22(23)35)19-10-20(30-11-17(19)27)32-12-25(28,29)13-32/h8-11H,4-7,12-13H2,1-3H3,(H,31,34). The number of rotatable bonds is 4. The van der Waals surface area contributed by atoms with Gasteiger partial charge in [0.2, 0.25) is 5.91 Å². The first-order chi connectivity index (χ1) is 17.5. The number of aromatic nitrogens is 1. The van der Waals surface area contributed by atoms with Crippen molar-refractivity contribution in [3.05, 3.63) is 47.2 Å². The summed E-state index contributed by atoms with van der Waals surface area (Å²) in [6, 6.07) is 3.39. The van der Waals surface area contributed by atoms with Gasteiger partial charge < -0.3 is 10.2 Å². The van der Waals surface area contributed by atoms with Gasteiger partial charge in [-0.05, 0) is 51.3 Å².